The molecule has 1 amide bonds. The highest BCUT2D eigenvalue weighted by molar-refractivity contribution is 8.26. The molecule has 0 aromatic heterocycles. The van der Waals surface area contributed by atoms with Crippen molar-refractivity contribution in [3.63, 3.8) is 0 Å². The van der Waals surface area contributed by atoms with E-state index < -0.39 is 0 Å². The van der Waals surface area contributed by atoms with E-state index in [2.05, 4.69) is 11.4 Å². The number of thioether (sulfide) groups is 1. The minimum Gasteiger partial charge on any atom is -0.480 e. The lowest BCUT2D eigenvalue weighted by Crippen LogP contribution is -2.18. The largest absolute Gasteiger partial charge is 0.480 e. The van der Waals surface area contributed by atoms with Crippen LogP contribution in [-0.2, 0) is 4.79 Å². The van der Waals surface area contributed by atoms with Crippen LogP contribution in [0.2, 0.25) is 0 Å². The fraction of sp³-hybridized carbons (Fsp3) is 0.0526. The van der Waals surface area contributed by atoms with Crippen LogP contribution in [0.4, 0.5) is 0 Å². The number of carbonyl (C=O) groups excluding carboxylic acids is 1. The normalized spacial score (nSPS) is 21.1. The van der Waals surface area contributed by atoms with E-state index in [9.17, 15) is 4.79 Å². The van der Waals surface area contributed by atoms with Crippen molar-refractivity contribution >= 4 is 40.3 Å². The molecule has 1 saturated heterocycles. The van der Waals surface area contributed by atoms with Crippen molar-refractivity contribution in [3.05, 3.63) is 82.3 Å². The quantitative estimate of drug-likeness (QED) is 0.649. The molecule has 0 radical (unpaired) electrons. The van der Waals surface area contributed by atoms with E-state index in [4.69, 9.17) is 17.0 Å². The number of hydrogen-bond acceptors (Lipinski definition) is 4. The van der Waals surface area contributed by atoms with Gasteiger partial charge in [0.25, 0.3) is 5.91 Å². The molecule has 0 bridgehead atoms. The van der Waals surface area contributed by atoms with Crippen molar-refractivity contribution in [2.24, 2.45) is 0 Å². The Labute approximate surface area is 149 Å². The second-order valence-electron chi connectivity index (χ2n) is 5.44. The minimum atomic E-state index is -0.254. The van der Waals surface area contributed by atoms with Gasteiger partial charge < -0.3 is 10.1 Å². The van der Waals surface area contributed by atoms with Crippen LogP contribution in [0.3, 0.4) is 0 Å². The van der Waals surface area contributed by atoms with Gasteiger partial charge in [-0.3, -0.25) is 4.79 Å². The van der Waals surface area contributed by atoms with Crippen LogP contribution in [0.25, 0.3) is 6.08 Å². The highest BCUT2D eigenvalue weighted by atomic mass is 32.2. The first-order valence-electron chi connectivity index (χ1n) is 7.48. The fourth-order valence-corrected chi connectivity index (χ4v) is 3.78. The van der Waals surface area contributed by atoms with Gasteiger partial charge in [0.15, 0.2) is 0 Å². The number of nitrogens with one attached hydrogen (secondary N) is 1. The van der Waals surface area contributed by atoms with Gasteiger partial charge >= 0.3 is 0 Å². The fourth-order valence-electron chi connectivity index (χ4n) is 2.74. The number of benzene rings is 2. The van der Waals surface area contributed by atoms with E-state index in [1.165, 1.54) is 11.8 Å². The molecular weight excluding hydrogens is 338 g/mol. The second-order valence-corrected chi connectivity index (χ2v) is 7.16. The van der Waals surface area contributed by atoms with Crippen molar-refractivity contribution in [1.82, 2.24) is 5.32 Å². The van der Waals surface area contributed by atoms with Crippen molar-refractivity contribution in [2.75, 3.05) is 0 Å². The van der Waals surface area contributed by atoms with Crippen LogP contribution in [-0.4, -0.2) is 10.2 Å². The van der Waals surface area contributed by atoms with Gasteiger partial charge in [0.2, 0.25) is 0 Å². The molecule has 2 heterocycles. The standard InChI is InChI=1S/C19H13NO2S2/c21-18-16(24-19(23)20-18)11-14-10-13-8-4-5-9-15(13)22-17(14)12-6-2-1-3-7-12/h1-11,17H,(H,20,21,23). The number of ether oxygens (including phenoxy) is 1. The van der Waals surface area contributed by atoms with Gasteiger partial charge in [-0.2, -0.15) is 0 Å². The average molecular weight is 351 g/mol. The summed E-state index contributed by atoms with van der Waals surface area (Å²) < 4.78 is 6.70. The molecule has 0 aliphatic carbocycles. The first kappa shape index (κ1) is 15.2. The Morgan fingerprint density at radius 1 is 1.08 bits per heavy atom. The van der Waals surface area contributed by atoms with E-state index in [1.54, 1.807) is 0 Å². The molecule has 2 aromatic carbocycles. The SMILES string of the molecule is O=C1NC(=S)SC1=CC1=Cc2ccccc2OC1c1ccccc1. The molecule has 1 fully saturated rings. The number of thiocarbonyl (C=S) groups is 1. The molecule has 0 saturated carbocycles. The molecule has 24 heavy (non-hydrogen) atoms. The molecule has 1 N–H and O–H groups in total. The maximum Gasteiger partial charge on any atom is 0.263 e. The summed E-state index contributed by atoms with van der Waals surface area (Å²) in [5.74, 6) is 0.684. The Kier molecular flexibility index (Phi) is 3.96. The van der Waals surface area contributed by atoms with Crippen LogP contribution in [0.1, 0.15) is 17.2 Å². The van der Waals surface area contributed by atoms with Crippen molar-refractivity contribution in [1.29, 1.82) is 0 Å². The Morgan fingerprint density at radius 2 is 1.83 bits per heavy atom. The lowest BCUT2D eigenvalue weighted by molar-refractivity contribution is -0.115. The predicted octanol–water partition coefficient (Wildman–Crippen LogP) is 4.24. The maximum absolute atomic E-state index is 12.0. The molecular formula is C19H13NO2S2. The Morgan fingerprint density at radius 3 is 2.58 bits per heavy atom. The highest BCUT2D eigenvalue weighted by Gasteiger charge is 2.27. The van der Waals surface area contributed by atoms with E-state index in [-0.39, 0.29) is 12.0 Å². The predicted molar refractivity (Wildman–Crippen MR) is 101 cm³/mol. The van der Waals surface area contributed by atoms with Gasteiger partial charge in [-0.25, -0.2) is 0 Å². The number of rotatable bonds is 2. The summed E-state index contributed by atoms with van der Waals surface area (Å²) in [5, 5.41) is 2.65. The van der Waals surface area contributed by atoms with Gasteiger partial charge in [0.1, 0.15) is 16.2 Å². The molecule has 2 aliphatic rings. The highest BCUT2D eigenvalue weighted by Crippen LogP contribution is 2.39. The zero-order chi connectivity index (χ0) is 16.5. The third kappa shape index (κ3) is 2.88. The monoisotopic (exact) mass is 351 g/mol. The first-order chi connectivity index (χ1) is 11.7. The smallest absolute Gasteiger partial charge is 0.263 e. The average Bonchev–Trinajstić information content (AvgIpc) is 2.92. The second kappa shape index (κ2) is 6.26. The van der Waals surface area contributed by atoms with Crippen LogP contribution in [0.15, 0.2) is 71.2 Å². The molecule has 1 atom stereocenters. The van der Waals surface area contributed by atoms with E-state index in [0.717, 1.165) is 22.4 Å². The molecule has 5 heteroatoms. The first-order valence-corrected chi connectivity index (χ1v) is 8.70. The number of para-hydroxylation sites is 1. The zero-order valence-corrected chi connectivity index (χ0v) is 14.2. The Balaban J connectivity index is 1.80. The van der Waals surface area contributed by atoms with Crippen LogP contribution in [0.5, 0.6) is 5.75 Å². The maximum atomic E-state index is 12.0. The lowest BCUT2D eigenvalue weighted by atomic mass is 9.95. The zero-order valence-electron chi connectivity index (χ0n) is 12.6. The van der Waals surface area contributed by atoms with E-state index >= 15 is 0 Å². The molecule has 118 valence electrons. The number of amides is 1. The van der Waals surface area contributed by atoms with Crippen molar-refractivity contribution < 1.29 is 9.53 Å². The molecule has 2 aromatic rings. The van der Waals surface area contributed by atoms with Crippen molar-refractivity contribution in [2.45, 2.75) is 6.10 Å². The number of hydrogen-bond donors (Lipinski definition) is 1. The van der Waals surface area contributed by atoms with Gasteiger partial charge in [-0.1, -0.05) is 72.5 Å². The minimum absolute atomic E-state index is 0.156. The van der Waals surface area contributed by atoms with Crippen LogP contribution >= 0.6 is 24.0 Å². The summed E-state index contributed by atoms with van der Waals surface area (Å²) in [6.45, 7) is 0. The van der Waals surface area contributed by atoms with Crippen LogP contribution < -0.4 is 10.1 Å². The van der Waals surface area contributed by atoms with E-state index in [1.807, 2.05) is 60.7 Å². The van der Waals surface area contributed by atoms with Gasteiger partial charge in [0.05, 0.1) is 4.91 Å². The Bertz CT molecular complexity index is 887. The third-order valence-corrected chi connectivity index (χ3v) is 4.99. The summed E-state index contributed by atoms with van der Waals surface area (Å²) in [5.41, 5.74) is 2.98. The summed E-state index contributed by atoms with van der Waals surface area (Å²) in [6, 6.07) is 17.9. The summed E-state index contributed by atoms with van der Waals surface area (Å²) in [4.78, 5) is 12.6. The summed E-state index contributed by atoms with van der Waals surface area (Å²) in [7, 11) is 0. The third-order valence-electron chi connectivity index (χ3n) is 3.83. The Hall–Kier alpha value is -2.37. The molecule has 4 rings (SSSR count). The number of carbonyl (C=O) groups is 1. The summed E-state index contributed by atoms with van der Waals surface area (Å²) in [6.07, 6.45) is 3.68. The van der Waals surface area contributed by atoms with E-state index in [0.29, 0.717) is 9.23 Å². The van der Waals surface area contributed by atoms with Gasteiger partial charge in [-0.05, 0) is 29.4 Å². The van der Waals surface area contributed by atoms with Crippen molar-refractivity contribution in [3.8, 4) is 5.75 Å². The van der Waals surface area contributed by atoms with Gasteiger partial charge in [-0.15, -0.1) is 0 Å². The summed E-state index contributed by atoms with van der Waals surface area (Å²) >= 11 is 6.35. The van der Waals surface area contributed by atoms with Gasteiger partial charge in [0, 0.05) is 5.56 Å². The molecule has 2 aliphatic heterocycles. The number of fused-ring (bicyclic) bond motifs is 1. The molecule has 0 spiro atoms. The molecule has 3 nitrogen and oxygen atoms in total. The van der Waals surface area contributed by atoms with Crippen LogP contribution in [0, 0.1) is 0 Å². The lowest BCUT2D eigenvalue weighted by Gasteiger charge is -2.26. The molecule has 1 unspecified atom stereocenters. The topological polar surface area (TPSA) is 38.3 Å².